The number of benzene rings is 2. The highest BCUT2D eigenvalue weighted by atomic mass is 32.2. The molecule has 2 aromatic rings. The van der Waals surface area contributed by atoms with Crippen LogP contribution in [0.2, 0.25) is 0 Å². The average molecular weight is 344 g/mol. The van der Waals surface area contributed by atoms with Crippen molar-refractivity contribution in [2.45, 2.75) is 17.4 Å². The van der Waals surface area contributed by atoms with Crippen molar-refractivity contribution in [1.82, 2.24) is 5.32 Å². The van der Waals surface area contributed by atoms with Gasteiger partial charge in [-0.3, -0.25) is 0 Å². The Balaban J connectivity index is 1.99. The van der Waals surface area contributed by atoms with E-state index in [0.717, 1.165) is 10.5 Å². The minimum atomic E-state index is -0.747. The molecule has 0 radical (unpaired) electrons. The third-order valence-corrected chi connectivity index (χ3v) is 4.17. The van der Waals surface area contributed by atoms with Crippen molar-refractivity contribution in [3.63, 3.8) is 0 Å². The van der Waals surface area contributed by atoms with Gasteiger partial charge in [0.15, 0.2) is 0 Å². The second kappa shape index (κ2) is 8.98. The van der Waals surface area contributed by atoms with Gasteiger partial charge in [0, 0.05) is 17.0 Å². The maximum atomic E-state index is 12.2. The molecule has 0 heterocycles. The second-order valence-corrected chi connectivity index (χ2v) is 5.97. The standard InChI is InChI=1S/C18H20N2O3S/c1-23-17(21)16(12-13-6-4-3-5-7-13)20-18(22)19-14-8-10-15(24-2)11-9-14/h3-11,16H,12H2,1-2H3,(H2,19,20,22)/t16-/m0/s1. The molecule has 0 bridgehead atoms. The van der Waals surface area contributed by atoms with Gasteiger partial charge in [0.2, 0.25) is 0 Å². The minimum absolute atomic E-state index is 0.367. The van der Waals surface area contributed by atoms with Gasteiger partial charge in [-0.05, 0) is 36.1 Å². The van der Waals surface area contributed by atoms with E-state index in [-0.39, 0.29) is 0 Å². The van der Waals surface area contributed by atoms with Crippen LogP contribution in [-0.4, -0.2) is 31.4 Å². The Labute approximate surface area is 145 Å². The number of methoxy groups -OCH3 is 1. The van der Waals surface area contributed by atoms with E-state index in [9.17, 15) is 9.59 Å². The number of esters is 1. The van der Waals surface area contributed by atoms with Crippen LogP contribution in [0.3, 0.4) is 0 Å². The predicted molar refractivity (Wildman–Crippen MR) is 96.3 cm³/mol. The molecule has 5 nitrogen and oxygen atoms in total. The third kappa shape index (κ3) is 5.31. The van der Waals surface area contributed by atoms with E-state index in [0.29, 0.717) is 12.1 Å². The Hall–Kier alpha value is -2.47. The van der Waals surface area contributed by atoms with Crippen molar-refractivity contribution in [2.24, 2.45) is 0 Å². The van der Waals surface area contributed by atoms with Crippen LogP contribution in [0.15, 0.2) is 59.5 Å². The zero-order valence-corrected chi connectivity index (χ0v) is 14.4. The SMILES string of the molecule is COC(=O)[C@H](Cc1ccccc1)NC(=O)Nc1ccc(SC)cc1. The van der Waals surface area contributed by atoms with Crippen LogP contribution in [0.5, 0.6) is 0 Å². The van der Waals surface area contributed by atoms with Gasteiger partial charge in [0.25, 0.3) is 0 Å². The summed E-state index contributed by atoms with van der Waals surface area (Å²) < 4.78 is 4.78. The molecule has 2 rings (SSSR count). The summed E-state index contributed by atoms with van der Waals surface area (Å²) >= 11 is 1.63. The van der Waals surface area contributed by atoms with E-state index in [2.05, 4.69) is 10.6 Å². The number of hydrogen-bond donors (Lipinski definition) is 2. The molecule has 24 heavy (non-hydrogen) atoms. The molecule has 0 unspecified atom stereocenters. The second-order valence-electron chi connectivity index (χ2n) is 5.09. The molecular formula is C18H20N2O3S. The lowest BCUT2D eigenvalue weighted by Crippen LogP contribution is -2.45. The lowest BCUT2D eigenvalue weighted by molar-refractivity contribution is -0.142. The summed E-state index contributed by atoms with van der Waals surface area (Å²) in [6, 6.07) is 15.7. The van der Waals surface area contributed by atoms with Crippen molar-refractivity contribution in [2.75, 3.05) is 18.7 Å². The lowest BCUT2D eigenvalue weighted by atomic mass is 10.1. The summed E-state index contributed by atoms with van der Waals surface area (Å²) in [5.41, 5.74) is 1.60. The summed E-state index contributed by atoms with van der Waals surface area (Å²) in [6.07, 6.45) is 2.35. The predicted octanol–water partition coefficient (Wildman–Crippen LogP) is 3.31. The fourth-order valence-electron chi connectivity index (χ4n) is 2.19. The number of hydrogen-bond acceptors (Lipinski definition) is 4. The highest BCUT2D eigenvalue weighted by Gasteiger charge is 2.21. The van der Waals surface area contributed by atoms with Crippen molar-refractivity contribution in [3.05, 3.63) is 60.2 Å². The molecule has 0 aromatic heterocycles. The first-order valence-electron chi connectivity index (χ1n) is 7.45. The smallest absolute Gasteiger partial charge is 0.328 e. The lowest BCUT2D eigenvalue weighted by Gasteiger charge is -2.17. The van der Waals surface area contributed by atoms with Gasteiger partial charge in [-0.25, -0.2) is 9.59 Å². The molecule has 2 amide bonds. The van der Waals surface area contributed by atoms with Gasteiger partial charge in [-0.2, -0.15) is 0 Å². The van der Waals surface area contributed by atoms with E-state index >= 15 is 0 Å². The number of urea groups is 1. The van der Waals surface area contributed by atoms with Crippen LogP contribution in [0, 0.1) is 0 Å². The average Bonchev–Trinajstić information content (AvgIpc) is 2.62. The van der Waals surface area contributed by atoms with Gasteiger partial charge >= 0.3 is 12.0 Å². The van der Waals surface area contributed by atoms with E-state index in [1.165, 1.54) is 7.11 Å². The molecule has 6 heteroatoms. The van der Waals surface area contributed by atoms with E-state index in [4.69, 9.17) is 4.74 Å². The fourth-order valence-corrected chi connectivity index (χ4v) is 2.59. The number of anilines is 1. The molecule has 0 saturated carbocycles. The summed E-state index contributed by atoms with van der Waals surface area (Å²) in [4.78, 5) is 25.2. The first-order chi connectivity index (χ1) is 11.6. The minimum Gasteiger partial charge on any atom is -0.467 e. The van der Waals surface area contributed by atoms with Crippen molar-refractivity contribution in [1.29, 1.82) is 0 Å². The molecular weight excluding hydrogens is 324 g/mol. The van der Waals surface area contributed by atoms with Gasteiger partial charge in [-0.1, -0.05) is 30.3 Å². The van der Waals surface area contributed by atoms with Gasteiger partial charge in [0.1, 0.15) is 6.04 Å². The van der Waals surface area contributed by atoms with E-state index in [1.807, 2.05) is 60.9 Å². The summed E-state index contributed by atoms with van der Waals surface area (Å²) in [5.74, 6) is -0.480. The third-order valence-electron chi connectivity index (χ3n) is 3.42. The van der Waals surface area contributed by atoms with Crippen LogP contribution < -0.4 is 10.6 Å². The normalized spacial score (nSPS) is 11.4. The molecule has 2 N–H and O–H groups in total. The molecule has 0 aliphatic heterocycles. The Morgan fingerprint density at radius 1 is 1.08 bits per heavy atom. The maximum Gasteiger partial charge on any atom is 0.328 e. The van der Waals surface area contributed by atoms with Crippen LogP contribution in [0.25, 0.3) is 0 Å². The quantitative estimate of drug-likeness (QED) is 0.623. The van der Waals surface area contributed by atoms with Gasteiger partial charge < -0.3 is 15.4 Å². The summed E-state index contributed by atoms with van der Waals surface area (Å²) in [6.45, 7) is 0. The number of carbonyl (C=O) groups is 2. The number of carbonyl (C=O) groups excluding carboxylic acids is 2. The number of rotatable bonds is 6. The first-order valence-corrected chi connectivity index (χ1v) is 8.68. The highest BCUT2D eigenvalue weighted by Crippen LogP contribution is 2.17. The van der Waals surface area contributed by atoms with Crippen LogP contribution in [0.4, 0.5) is 10.5 Å². The Bertz CT molecular complexity index is 674. The Kier molecular flexibility index (Phi) is 6.69. The van der Waals surface area contributed by atoms with Crippen molar-refractivity contribution >= 4 is 29.4 Å². The Morgan fingerprint density at radius 2 is 1.75 bits per heavy atom. The molecule has 0 saturated heterocycles. The zero-order chi connectivity index (χ0) is 17.4. The van der Waals surface area contributed by atoms with Crippen LogP contribution >= 0.6 is 11.8 Å². The first kappa shape index (κ1) is 17.9. The molecule has 126 valence electrons. The molecule has 1 atom stereocenters. The summed E-state index contributed by atoms with van der Waals surface area (Å²) in [7, 11) is 1.31. The highest BCUT2D eigenvalue weighted by molar-refractivity contribution is 7.98. The molecule has 0 fully saturated rings. The van der Waals surface area contributed by atoms with Crippen LogP contribution in [0.1, 0.15) is 5.56 Å². The topological polar surface area (TPSA) is 67.4 Å². The van der Waals surface area contributed by atoms with Gasteiger partial charge in [-0.15, -0.1) is 11.8 Å². The van der Waals surface area contributed by atoms with E-state index in [1.54, 1.807) is 11.8 Å². The molecule has 0 spiro atoms. The Morgan fingerprint density at radius 3 is 2.33 bits per heavy atom. The zero-order valence-electron chi connectivity index (χ0n) is 13.6. The fraction of sp³-hybridized carbons (Fsp3) is 0.222. The van der Waals surface area contributed by atoms with Gasteiger partial charge in [0.05, 0.1) is 7.11 Å². The molecule has 0 aliphatic rings. The van der Waals surface area contributed by atoms with E-state index < -0.39 is 18.0 Å². The largest absolute Gasteiger partial charge is 0.467 e. The maximum absolute atomic E-state index is 12.2. The van der Waals surface area contributed by atoms with Crippen LogP contribution in [-0.2, 0) is 16.0 Å². The summed E-state index contributed by atoms with van der Waals surface area (Å²) in [5, 5.41) is 5.38. The van der Waals surface area contributed by atoms with Crippen molar-refractivity contribution < 1.29 is 14.3 Å². The monoisotopic (exact) mass is 344 g/mol. The number of thioether (sulfide) groups is 1. The number of ether oxygens (including phenoxy) is 1. The van der Waals surface area contributed by atoms with Crippen molar-refractivity contribution in [3.8, 4) is 0 Å². The number of nitrogens with one attached hydrogen (secondary N) is 2. The number of amides is 2. The molecule has 0 aliphatic carbocycles. The molecule has 2 aromatic carbocycles.